The van der Waals surface area contributed by atoms with E-state index in [1.807, 2.05) is 78.2 Å². The Morgan fingerprint density at radius 2 is 1.74 bits per heavy atom. The smallest absolute Gasteiger partial charge is 0.326 e. The number of carboxylic acid groups (broad SMARTS) is 1. The van der Waals surface area contributed by atoms with Crippen LogP contribution < -0.4 is 14.2 Å². The predicted molar refractivity (Wildman–Crippen MR) is 144 cm³/mol. The number of hydrogen-bond acceptors (Lipinski definition) is 6. The molecule has 0 aliphatic carbocycles. The van der Waals surface area contributed by atoms with Gasteiger partial charge in [-0.25, -0.2) is 4.79 Å². The molecule has 0 fully saturated rings. The van der Waals surface area contributed by atoms with Crippen LogP contribution in [0.2, 0.25) is 0 Å². The minimum Gasteiger partial charge on any atom is -0.493 e. The zero-order chi connectivity index (χ0) is 26.5. The number of nitrogens with zero attached hydrogens (tertiary/aromatic N) is 1. The third kappa shape index (κ3) is 5.35. The van der Waals surface area contributed by atoms with Crippen LogP contribution in [0.25, 0.3) is 0 Å². The van der Waals surface area contributed by atoms with Crippen molar-refractivity contribution in [1.82, 2.24) is 4.90 Å². The van der Waals surface area contributed by atoms with Crippen LogP contribution in [-0.4, -0.2) is 35.0 Å². The van der Waals surface area contributed by atoms with Crippen molar-refractivity contribution in [3.63, 3.8) is 0 Å². The lowest BCUT2D eigenvalue weighted by atomic mass is 9.91. The highest BCUT2D eigenvalue weighted by Crippen LogP contribution is 2.40. The SMILES string of the molecule is COc1ccc2c(c1OCc1ccccc1)C[C@@H](C(=O)O)N(C(=O)[C@H](Oc1cccs1)c1ccccc1)C2. The molecule has 1 aliphatic heterocycles. The lowest BCUT2D eigenvalue weighted by molar-refractivity contribution is -0.155. The maximum Gasteiger partial charge on any atom is 0.326 e. The molecule has 194 valence electrons. The van der Waals surface area contributed by atoms with Gasteiger partial charge in [-0.15, -0.1) is 11.3 Å². The summed E-state index contributed by atoms with van der Waals surface area (Å²) in [6.45, 7) is 0.409. The van der Waals surface area contributed by atoms with Gasteiger partial charge in [-0.3, -0.25) is 4.79 Å². The molecule has 3 aromatic carbocycles. The number of carboxylic acids is 1. The Labute approximate surface area is 224 Å². The molecule has 8 heteroatoms. The second-order valence-corrected chi connectivity index (χ2v) is 9.78. The fraction of sp³-hybridized carbons (Fsp3) is 0.200. The van der Waals surface area contributed by atoms with Gasteiger partial charge in [0.15, 0.2) is 16.6 Å². The van der Waals surface area contributed by atoms with Crippen LogP contribution in [0, 0.1) is 0 Å². The second-order valence-electron chi connectivity index (χ2n) is 8.87. The molecule has 2 atom stereocenters. The molecule has 0 radical (unpaired) electrons. The third-order valence-corrected chi connectivity index (χ3v) is 7.26. The number of thiophene rings is 1. The molecule has 7 nitrogen and oxygen atoms in total. The van der Waals surface area contributed by atoms with Crippen LogP contribution in [0.5, 0.6) is 16.6 Å². The van der Waals surface area contributed by atoms with Crippen LogP contribution in [0.4, 0.5) is 0 Å². The molecule has 5 rings (SSSR count). The van der Waals surface area contributed by atoms with Crippen LogP contribution in [0.15, 0.2) is 90.3 Å². The Hall–Kier alpha value is -4.30. The van der Waals surface area contributed by atoms with Crippen molar-refractivity contribution in [3.05, 3.63) is 113 Å². The van der Waals surface area contributed by atoms with Crippen molar-refractivity contribution in [2.75, 3.05) is 7.11 Å². The van der Waals surface area contributed by atoms with Crippen LogP contribution in [-0.2, 0) is 29.2 Å². The summed E-state index contributed by atoms with van der Waals surface area (Å²) < 4.78 is 17.8. The quantitative estimate of drug-likeness (QED) is 0.309. The summed E-state index contributed by atoms with van der Waals surface area (Å²) in [4.78, 5) is 27.8. The summed E-state index contributed by atoms with van der Waals surface area (Å²) in [6.07, 6.45) is -0.900. The van der Waals surface area contributed by atoms with Gasteiger partial charge in [0.05, 0.1) is 7.11 Å². The first kappa shape index (κ1) is 25.4. The van der Waals surface area contributed by atoms with Crippen molar-refractivity contribution in [1.29, 1.82) is 0 Å². The molecule has 0 saturated carbocycles. The molecule has 0 spiro atoms. The monoisotopic (exact) mass is 529 g/mol. The molecular weight excluding hydrogens is 502 g/mol. The summed E-state index contributed by atoms with van der Waals surface area (Å²) in [6, 6.07) is 25.0. The standard InChI is InChI=1S/C30H27NO6S/c1-35-25-15-14-22-18-31(29(32)27(21-11-6-3-7-12-21)37-26-13-8-16-38-26)24(30(33)34)17-23(22)28(25)36-19-20-9-4-2-5-10-20/h2-16,24,27H,17-19H2,1H3,(H,33,34)/t24-,27+/m0/s1. The fourth-order valence-corrected chi connectivity index (χ4v) is 5.20. The number of carbonyl (C=O) groups excluding carboxylic acids is 1. The van der Waals surface area contributed by atoms with Gasteiger partial charge in [0.2, 0.25) is 6.10 Å². The minimum absolute atomic E-state index is 0.0816. The summed E-state index contributed by atoms with van der Waals surface area (Å²) in [5.41, 5.74) is 3.17. The average Bonchev–Trinajstić information content (AvgIpc) is 3.48. The highest BCUT2D eigenvalue weighted by molar-refractivity contribution is 7.11. The summed E-state index contributed by atoms with van der Waals surface area (Å²) in [5, 5.41) is 12.7. The third-order valence-electron chi connectivity index (χ3n) is 6.51. The van der Waals surface area contributed by atoms with Gasteiger partial charge in [-0.05, 0) is 34.7 Å². The summed E-state index contributed by atoms with van der Waals surface area (Å²) in [5.74, 6) is -0.484. The molecule has 0 saturated heterocycles. The second kappa shape index (κ2) is 11.4. The maximum absolute atomic E-state index is 14.0. The predicted octanol–water partition coefficient (Wildman–Crippen LogP) is 5.49. The molecule has 1 aliphatic rings. The molecule has 2 heterocycles. The van der Waals surface area contributed by atoms with E-state index in [-0.39, 0.29) is 13.0 Å². The largest absolute Gasteiger partial charge is 0.493 e. The highest BCUT2D eigenvalue weighted by atomic mass is 32.1. The van der Waals surface area contributed by atoms with E-state index < -0.39 is 24.0 Å². The molecule has 38 heavy (non-hydrogen) atoms. The van der Waals surface area contributed by atoms with Crippen LogP contribution in [0.3, 0.4) is 0 Å². The molecule has 1 amide bonds. The molecule has 1 aromatic heterocycles. The maximum atomic E-state index is 14.0. The van der Waals surface area contributed by atoms with Crippen molar-refractivity contribution >= 4 is 23.2 Å². The Morgan fingerprint density at radius 1 is 1.00 bits per heavy atom. The van der Waals surface area contributed by atoms with E-state index in [4.69, 9.17) is 14.2 Å². The topological polar surface area (TPSA) is 85.3 Å². The number of ether oxygens (including phenoxy) is 3. The number of amides is 1. The Balaban J connectivity index is 1.48. The van der Waals surface area contributed by atoms with Gasteiger partial charge in [0.25, 0.3) is 5.91 Å². The van der Waals surface area contributed by atoms with Crippen molar-refractivity contribution in [2.24, 2.45) is 0 Å². The zero-order valence-electron chi connectivity index (χ0n) is 20.8. The first-order valence-electron chi connectivity index (χ1n) is 12.2. The van der Waals surface area contributed by atoms with E-state index in [1.54, 1.807) is 19.2 Å². The van der Waals surface area contributed by atoms with Gasteiger partial charge in [-0.2, -0.15) is 0 Å². The van der Waals surface area contributed by atoms with E-state index in [0.29, 0.717) is 28.7 Å². The molecular formula is C30H27NO6S. The van der Waals surface area contributed by atoms with E-state index in [9.17, 15) is 14.7 Å². The number of fused-ring (bicyclic) bond motifs is 1. The van der Waals surface area contributed by atoms with Gasteiger partial charge < -0.3 is 24.2 Å². The molecule has 0 bridgehead atoms. The number of methoxy groups -OCH3 is 1. The van der Waals surface area contributed by atoms with Crippen molar-refractivity contribution in [3.8, 4) is 16.6 Å². The average molecular weight is 530 g/mol. The Morgan fingerprint density at radius 3 is 2.39 bits per heavy atom. The van der Waals surface area contributed by atoms with Gasteiger partial charge in [0.1, 0.15) is 12.6 Å². The Bertz CT molecular complexity index is 1390. The summed E-state index contributed by atoms with van der Waals surface area (Å²) in [7, 11) is 1.55. The minimum atomic E-state index is -1.10. The highest BCUT2D eigenvalue weighted by Gasteiger charge is 2.40. The van der Waals surface area contributed by atoms with E-state index in [2.05, 4.69) is 0 Å². The fourth-order valence-electron chi connectivity index (χ4n) is 4.60. The lowest BCUT2D eigenvalue weighted by Gasteiger charge is -2.37. The van der Waals surface area contributed by atoms with E-state index in [1.165, 1.54) is 16.2 Å². The number of aliphatic carboxylic acids is 1. The van der Waals surface area contributed by atoms with Crippen LogP contribution >= 0.6 is 11.3 Å². The van der Waals surface area contributed by atoms with E-state index >= 15 is 0 Å². The Kier molecular flexibility index (Phi) is 7.60. The normalized spacial score (nSPS) is 15.3. The molecule has 1 N–H and O–H groups in total. The number of hydrogen-bond donors (Lipinski definition) is 1. The van der Waals surface area contributed by atoms with Crippen molar-refractivity contribution < 1.29 is 28.9 Å². The van der Waals surface area contributed by atoms with Crippen molar-refractivity contribution in [2.45, 2.75) is 31.7 Å². The number of rotatable bonds is 9. The number of benzene rings is 3. The first-order chi connectivity index (χ1) is 18.5. The number of carbonyl (C=O) groups is 2. The summed E-state index contributed by atoms with van der Waals surface area (Å²) >= 11 is 1.38. The first-order valence-corrected chi connectivity index (χ1v) is 13.1. The lowest BCUT2D eigenvalue weighted by Crippen LogP contribution is -2.51. The molecule has 0 unspecified atom stereocenters. The zero-order valence-corrected chi connectivity index (χ0v) is 21.6. The van der Waals surface area contributed by atoms with Gasteiger partial charge in [0, 0.05) is 24.1 Å². The van der Waals surface area contributed by atoms with Crippen LogP contribution in [0.1, 0.15) is 28.4 Å². The molecule has 4 aromatic rings. The van der Waals surface area contributed by atoms with Gasteiger partial charge in [-0.1, -0.05) is 66.7 Å². The van der Waals surface area contributed by atoms with Gasteiger partial charge >= 0.3 is 5.97 Å². The van der Waals surface area contributed by atoms with E-state index in [0.717, 1.165) is 16.7 Å².